The van der Waals surface area contributed by atoms with Crippen molar-refractivity contribution in [3.05, 3.63) is 62.4 Å². The SMILES string of the molecule is O=C(c1ccc(F)cc1Cl)N1CCN(C(=O)c2cc3c(cc2[N+](=O)[O-])OCCO3)CC1. The van der Waals surface area contributed by atoms with Crippen molar-refractivity contribution < 1.29 is 28.4 Å². The van der Waals surface area contributed by atoms with Gasteiger partial charge in [0.25, 0.3) is 17.5 Å². The fourth-order valence-electron chi connectivity index (χ4n) is 3.52. The number of ether oxygens (including phenoxy) is 2. The lowest BCUT2D eigenvalue weighted by atomic mass is 10.1. The molecule has 0 atom stereocenters. The number of nitro benzene ring substituents is 1. The van der Waals surface area contributed by atoms with Crippen LogP contribution in [-0.2, 0) is 0 Å². The van der Waals surface area contributed by atoms with E-state index in [-0.39, 0.29) is 78.6 Å². The van der Waals surface area contributed by atoms with Crippen LogP contribution in [0.3, 0.4) is 0 Å². The summed E-state index contributed by atoms with van der Waals surface area (Å²) in [6, 6.07) is 6.05. The Kier molecular flexibility index (Phi) is 5.64. The van der Waals surface area contributed by atoms with Crippen LogP contribution in [0, 0.1) is 15.9 Å². The highest BCUT2D eigenvalue weighted by Gasteiger charge is 2.32. The van der Waals surface area contributed by atoms with E-state index in [2.05, 4.69) is 0 Å². The van der Waals surface area contributed by atoms with Gasteiger partial charge in [-0.15, -0.1) is 0 Å². The van der Waals surface area contributed by atoms with Crippen molar-refractivity contribution in [1.82, 2.24) is 9.80 Å². The van der Waals surface area contributed by atoms with Gasteiger partial charge in [0.2, 0.25) is 0 Å². The average molecular weight is 450 g/mol. The fourth-order valence-corrected chi connectivity index (χ4v) is 3.76. The van der Waals surface area contributed by atoms with Crippen LogP contribution < -0.4 is 9.47 Å². The topological polar surface area (TPSA) is 102 Å². The molecule has 0 saturated carbocycles. The van der Waals surface area contributed by atoms with Gasteiger partial charge in [-0.3, -0.25) is 19.7 Å². The molecule has 0 bridgehead atoms. The van der Waals surface area contributed by atoms with Crippen molar-refractivity contribution in [3.8, 4) is 11.5 Å². The lowest BCUT2D eigenvalue weighted by Gasteiger charge is -2.35. The molecule has 0 aliphatic carbocycles. The number of carbonyl (C=O) groups excluding carboxylic acids is 2. The van der Waals surface area contributed by atoms with Crippen LogP contribution in [0.25, 0.3) is 0 Å². The second-order valence-corrected chi connectivity index (χ2v) is 7.39. The highest BCUT2D eigenvalue weighted by molar-refractivity contribution is 6.33. The molecule has 2 aromatic carbocycles. The molecule has 31 heavy (non-hydrogen) atoms. The van der Waals surface area contributed by atoms with Crippen LogP contribution in [-0.4, -0.2) is 65.9 Å². The first-order valence-corrected chi connectivity index (χ1v) is 9.84. The van der Waals surface area contributed by atoms with Gasteiger partial charge in [0.05, 0.1) is 21.6 Å². The van der Waals surface area contributed by atoms with Crippen LogP contribution in [0.4, 0.5) is 10.1 Å². The molecule has 162 valence electrons. The van der Waals surface area contributed by atoms with E-state index in [4.69, 9.17) is 21.1 Å². The smallest absolute Gasteiger partial charge is 0.286 e. The molecule has 0 radical (unpaired) electrons. The summed E-state index contributed by atoms with van der Waals surface area (Å²) >= 11 is 5.97. The Balaban J connectivity index is 1.49. The third kappa shape index (κ3) is 4.11. The maximum Gasteiger partial charge on any atom is 0.286 e. The predicted octanol–water partition coefficient (Wildman–Crippen LogP) is 2.76. The number of nitro groups is 1. The first kappa shape index (κ1) is 20.9. The van der Waals surface area contributed by atoms with E-state index in [0.717, 1.165) is 12.1 Å². The van der Waals surface area contributed by atoms with Gasteiger partial charge in [0.1, 0.15) is 24.6 Å². The molecule has 2 heterocycles. The number of fused-ring (bicyclic) bond motifs is 1. The number of benzene rings is 2. The average Bonchev–Trinajstić information content (AvgIpc) is 2.77. The Morgan fingerprint density at radius 3 is 2.03 bits per heavy atom. The van der Waals surface area contributed by atoms with E-state index in [9.17, 15) is 24.1 Å². The second kappa shape index (κ2) is 8.38. The number of halogens is 2. The van der Waals surface area contributed by atoms with Crippen molar-refractivity contribution >= 4 is 29.1 Å². The largest absolute Gasteiger partial charge is 0.486 e. The summed E-state index contributed by atoms with van der Waals surface area (Å²) in [5.74, 6) is -0.947. The zero-order chi connectivity index (χ0) is 22.1. The molecule has 9 nitrogen and oxygen atoms in total. The van der Waals surface area contributed by atoms with Gasteiger partial charge in [-0.1, -0.05) is 11.6 Å². The molecule has 2 amide bonds. The number of hydrogen-bond acceptors (Lipinski definition) is 6. The summed E-state index contributed by atoms with van der Waals surface area (Å²) in [7, 11) is 0. The molecule has 1 fully saturated rings. The van der Waals surface area contributed by atoms with E-state index >= 15 is 0 Å². The summed E-state index contributed by atoms with van der Waals surface area (Å²) in [5.41, 5.74) is -0.299. The lowest BCUT2D eigenvalue weighted by Crippen LogP contribution is -2.50. The molecule has 0 spiro atoms. The summed E-state index contributed by atoms with van der Waals surface area (Å²) in [5, 5.41) is 11.5. The molecular formula is C20H17ClFN3O6. The Bertz CT molecular complexity index is 1070. The summed E-state index contributed by atoms with van der Waals surface area (Å²) in [6.45, 7) is 1.31. The van der Waals surface area contributed by atoms with Gasteiger partial charge < -0.3 is 19.3 Å². The van der Waals surface area contributed by atoms with Gasteiger partial charge in [-0.25, -0.2) is 4.39 Å². The Labute approximate surface area is 181 Å². The minimum Gasteiger partial charge on any atom is -0.486 e. The van der Waals surface area contributed by atoms with Gasteiger partial charge in [0.15, 0.2) is 11.5 Å². The molecule has 2 aliphatic heterocycles. The van der Waals surface area contributed by atoms with Gasteiger partial charge in [0, 0.05) is 32.2 Å². The van der Waals surface area contributed by atoms with E-state index in [1.807, 2.05) is 0 Å². The van der Waals surface area contributed by atoms with Crippen LogP contribution >= 0.6 is 11.6 Å². The van der Waals surface area contributed by atoms with Gasteiger partial charge in [-0.2, -0.15) is 0 Å². The molecule has 2 aliphatic rings. The number of nitrogens with zero attached hydrogens (tertiary/aromatic N) is 3. The quantitative estimate of drug-likeness (QED) is 0.527. The Hall–Kier alpha value is -3.40. The minimum atomic E-state index is -0.637. The molecular weight excluding hydrogens is 433 g/mol. The zero-order valence-corrected chi connectivity index (χ0v) is 16.9. The van der Waals surface area contributed by atoms with E-state index in [1.54, 1.807) is 0 Å². The third-order valence-corrected chi connectivity index (χ3v) is 5.42. The van der Waals surface area contributed by atoms with E-state index < -0.39 is 16.6 Å². The van der Waals surface area contributed by atoms with Crippen LogP contribution in [0.1, 0.15) is 20.7 Å². The van der Waals surface area contributed by atoms with Gasteiger partial charge >= 0.3 is 0 Å². The number of amides is 2. The maximum absolute atomic E-state index is 13.2. The fraction of sp³-hybridized carbons (Fsp3) is 0.300. The highest BCUT2D eigenvalue weighted by atomic mass is 35.5. The van der Waals surface area contributed by atoms with Gasteiger partial charge in [-0.05, 0) is 18.2 Å². The lowest BCUT2D eigenvalue weighted by molar-refractivity contribution is -0.385. The minimum absolute atomic E-state index is 0.00964. The van der Waals surface area contributed by atoms with Crippen molar-refractivity contribution in [2.75, 3.05) is 39.4 Å². The maximum atomic E-state index is 13.2. The summed E-state index contributed by atoms with van der Waals surface area (Å²) in [4.78, 5) is 39.5. The second-order valence-electron chi connectivity index (χ2n) is 6.98. The number of hydrogen-bond donors (Lipinski definition) is 0. The van der Waals surface area contributed by atoms with E-state index in [1.165, 1.54) is 28.0 Å². The monoisotopic (exact) mass is 449 g/mol. The summed E-state index contributed by atoms with van der Waals surface area (Å²) in [6.07, 6.45) is 0. The Morgan fingerprint density at radius 1 is 0.935 bits per heavy atom. The zero-order valence-electron chi connectivity index (χ0n) is 16.2. The van der Waals surface area contributed by atoms with Crippen molar-refractivity contribution in [2.45, 2.75) is 0 Å². The number of rotatable bonds is 3. The summed E-state index contributed by atoms with van der Waals surface area (Å²) < 4.78 is 24.0. The van der Waals surface area contributed by atoms with Crippen LogP contribution in [0.15, 0.2) is 30.3 Å². The molecule has 0 aromatic heterocycles. The first-order valence-electron chi connectivity index (χ1n) is 9.47. The molecule has 4 rings (SSSR count). The van der Waals surface area contributed by atoms with Crippen molar-refractivity contribution in [2.24, 2.45) is 0 Å². The molecule has 0 N–H and O–H groups in total. The molecule has 1 saturated heterocycles. The highest BCUT2D eigenvalue weighted by Crippen LogP contribution is 2.37. The molecule has 2 aromatic rings. The number of piperazine rings is 1. The normalized spacial score (nSPS) is 15.5. The standard InChI is InChI=1S/C20H17ClFN3O6/c21-15-9-12(22)1-2-13(15)19(26)23-3-5-24(6-4-23)20(27)14-10-17-18(31-8-7-30-17)11-16(14)25(28)29/h1-2,9-11H,3-8H2. The predicted molar refractivity (Wildman–Crippen MR) is 107 cm³/mol. The molecule has 11 heteroatoms. The molecule has 0 unspecified atom stereocenters. The van der Waals surface area contributed by atoms with Crippen LogP contribution in [0.5, 0.6) is 11.5 Å². The third-order valence-electron chi connectivity index (χ3n) is 5.10. The van der Waals surface area contributed by atoms with E-state index in [0.29, 0.717) is 0 Å². The van der Waals surface area contributed by atoms with Crippen molar-refractivity contribution in [1.29, 1.82) is 0 Å². The first-order chi connectivity index (χ1) is 14.8. The van der Waals surface area contributed by atoms with Crippen molar-refractivity contribution in [3.63, 3.8) is 0 Å². The number of carbonyl (C=O) groups is 2. The van der Waals surface area contributed by atoms with Crippen LogP contribution in [0.2, 0.25) is 5.02 Å². The Morgan fingerprint density at radius 2 is 1.48 bits per heavy atom.